The quantitative estimate of drug-likeness (QED) is 0.753. The number of nitrogens with one attached hydrogen (secondary N) is 1. The normalized spacial score (nSPS) is 50.6. The maximum Gasteiger partial charge on any atom is 0.258 e. The Bertz CT molecular complexity index is 352. The molecule has 0 aromatic rings. The fourth-order valence-corrected chi connectivity index (χ4v) is 5.28. The van der Waals surface area contributed by atoms with E-state index in [0.29, 0.717) is 5.91 Å². The summed E-state index contributed by atoms with van der Waals surface area (Å²) in [5.74, 6) is 3.03. The Morgan fingerprint density at radius 2 is 1.53 bits per heavy atom. The van der Waals surface area contributed by atoms with Crippen LogP contribution in [0.15, 0.2) is 0 Å². The van der Waals surface area contributed by atoms with E-state index in [9.17, 15) is 4.79 Å². The number of hydrogen-bond acceptors (Lipinski definition) is 2. The summed E-state index contributed by atoms with van der Waals surface area (Å²) in [5, 5.41) is 2.03. The SMILES string of the molecule is CC1(C)NN(C23CC4CC(CC(C4)C2)C3)C1=O. The Morgan fingerprint density at radius 1 is 1.06 bits per heavy atom. The molecule has 5 fully saturated rings. The number of carbonyl (C=O) groups excluding carboxylic acids is 1. The van der Waals surface area contributed by atoms with Crippen molar-refractivity contribution in [2.24, 2.45) is 17.8 Å². The van der Waals surface area contributed by atoms with E-state index in [1.165, 1.54) is 38.5 Å². The molecular weight excluding hydrogens is 212 g/mol. The van der Waals surface area contributed by atoms with Crippen molar-refractivity contribution < 1.29 is 4.79 Å². The monoisotopic (exact) mass is 234 g/mol. The van der Waals surface area contributed by atoms with Crippen molar-refractivity contribution in [3.8, 4) is 0 Å². The fourth-order valence-electron chi connectivity index (χ4n) is 5.28. The van der Waals surface area contributed by atoms with Gasteiger partial charge in [0.15, 0.2) is 0 Å². The molecule has 1 N–H and O–H groups in total. The summed E-state index contributed by atoms with van der Waals surface area (Å²) in [6.07, 6.45) is 8.08. The second kappa shape index (κ2) is 2.87. The summed E-state index contributed by atoms with van der Waals surface area (Å²) < 4.78 is 0. The first-order chi connectivity index (χ1) is 7.98. The van der Waals surface area contributed by atoms with Crippen LogP contribution in [0.4, 0.5) is 0 Å². The molecule has 1 aliphatic heterocycles. The molecule has 0 aromatic heterocycles. The van der Waals surface area contributed by atoms with Crippen LogP contribution in [0, 0.1) is 17.8 Å². The van der Waals surface area contributed by atoms with E-state index < -0.39 is 0 Å². The van der Waals surface area contributed by atoms with Crippen LogP contribution in [0.2, 0.25) is 0 Å². The number of hydrazine groups is 1. The number of nitrogens with zero attached hydrogens (tertiary/aromatic N) is 1. The maximum absolute atomic E-state index is 12.3. The van der Waals surface area contributed by atoms with Crippen LogP contribution in [0.1, 0.15) is 52.4 Å². The molecule has 0 unspecified atom stereocenters. The average Bonchev–Trinajstić information content (AvgIpc) is 2.24. The van der Waals surface area contributed by atoms with Crippen LogP contribution in [0.25, 0.3) is 0 Å². The van der Waals surface area contributed by atoms with Gasteiger partial charge in [-0.05, 0) is 70.1 Å². The van der Waals surface area contributed by atoms with Gasteiger partial charge < -0.3 is 0 Å². The zero-order valence-corrected chi connectivity index (χ0v) is 10.8. The van der Waals surface area contributed by atoms with Gasteiger partial charge in [0.25, 0.3) is 5.91 Å². The number of amides is 1. The van der Waals surface area contributed by atoms with E-state index in [4.69, 9.17) is 0 Å². The van der Waals surface area contributed by atoms with E-state index in [1.807, 2.05) is 18.9 Å². The Kier molecular flexibility index (Phi) is 1.75. The third kappa shape index (κ3) is 1.24. The zero-order chi connectivity index (χ0) is 11.8. The summed E-state index contributed by atoms with van der Waals surface area (Å²) in [6.45, 7) is 3.98. The summed E-state index contributed by atoms with van der Waals surface area (Å²) in [6, 6.07) is 0. The molecule has 5 rings (SSSR count). The van der Waals surface area contributed by atoms with E-state index in [0.717, 1.165) is 17.8 Å². The Balaban J connectivity index is 1.64. The van der Waals surface area contributed by atoms with Crippen molar-refractivity contribution in [2.45, 2.75) is 63.5 Å². The van der Waals surface area contributed by atoms with Gasteiger partial charge in [0.05, 0.1) is 5.54 Å². The molecule has 0 aromatic carbocycles. The number of hydrogen-bond donors (Lipinski definition) is 1. The lowest BCUT2D eigenvalue weighted by Gasteiger charge is -2.64. The lowest BCUT2D eigenvalue weighted by Crippen LogP contribution is -2.81. The molecule has 4 bridgehead atoms. The topological polar surface area (TPSA) is 32.3 Å². The molecule has 3 nitrogen and oxygen atoms in total. The fraction of sp³-hybridized carbons (Fsp3) is 0.929. The zero-order valence-electron chi connectivity index (χ0n) is 10.8. The Hall–Kier alpha value is -0.570. The van der Waals surface area contributed by atoms with Crippen molar-refractivity contribution in [1.82, 2.24) is 10.4 Å². The lowest BCUT2D eigenvalue weighted by atomic mass is 9.52. The van der Waals surface area contributed by atoms with Gasteiger partial charge in [0, 0.05) is 0 Å². The van der Waals surface area contributed by atoms with Crippen LogP contribution in [0.5, 0.6) is 0 Å². The Morgan fingerprint density at radius 3 is 1.88 bits per heavy atom. The molecule has 17 heavy (non-hydrogen) atoms. The van der Waals surface area contributed by atoms with E-state index in [1.54, 1.807) is 0 Å². The number of carbonyl (C=O) groups is 1. The molecule has 1 amide bonds. The number of rotatable bonds is 1. The minimum absolute atomic E-state index is 0.196. The first-order valence-electron chi connectivity index (χ1n) is 7.11. The highest BCUT2D eigenvalue weighted by atomic mass is 16.2. The molecule has 5 aliphatic rings. The largest absolute Gasteiger partial charge is 0.271 e. The van der Waals surface area contributed by atoms with Gasteiger partial charge in [-0.15, -0.1) is 0 Å². The van der Waals surface area contributed by atoms with Gasteiger partial charge in [0.2, 0.25) is 0 Å². The highest BCUT2D eigenvalue weighted by Gasteiger charge is 2.60. The highest BCUT2D eigenvalue weighted by molar-refractivity contribution is 5.90. The van der Waals surface area contributed by atoms with Crippen LogP contribution >= 0.6 is 0 Å². The molecule has 0 radical (unpaired) electrons. The molecule has 4 aliphatic carbocycles. The van der Waals surface area contributed by atoms with Crippen LogP contribution < -0.4 is 5.43 Å². The van der Waals surface area contributed by atoms with Crippen LogP contribution in [-0.2, 0) is 4.79 Å². The van der Waals surface area contributed by atoms with Crippen LogP contribution in [0.3, 0.4) is 0 Å². The summed E-state index contributed by atoms with van der Waals surface area (Å²) >= 11 is 0. The van der Waals surface area contributed by atoms with Crippen molar-refractivity contribution in [3.63, 3.8) is 0 Å². The van der Waals surface area contributed by atoms with E-state index in [-0.39, 0.29) is 11.1 Å². The second-order valence-electron chi connectivity index (χ2n) is 7.52. The third-order valence-corrected chi connectivity index (χ3v) is 5.61. The van der Waals surface area contributed by atoms with Gasteiger partial charge >= 0.3 is 0 Å². The third-order valence-electron chi connectivity index (χ3n) is 5.61. The summed E-state index contributed by atoms with van der Waals surface area (Å²) in [7, 11) is 0. The van der Waals surface area contributed by atoms with Crippen molar-refractivity contribution in [2.75, 3.05) is 0 Å². The smallest absolute Gasteiger partial charge is 0.258 e. The van der Waals surface area contributed by atoms with Gasteiger partial charge in [-0.25, -0.2) is 5.43 Å². The summed E-state index contributed by atoms with van der Waals surface area (Å²) in [4.78, 5) is 12.3. The average molecular weight is 234 g/mol. The van der Waals surface area contributed by atoms with E-state index in [2.05, 4.69) is 5.43 Å². The maximum atomic E-state index is 12.3. The lowest BCUT2D eigenvalue weighted by molar-refractivity contribution is -0.195. The van der Waals surface area contributed by atoms with Gasteiger partial charge in [0.1, 0.15) is 5.54 Å². The highest BCUT2D eigenvalue weighted by Crippen LogP contribution is 2.58. The molecule has 4 saturated carbocycles. The van der Waals surface area contributed by atoms with Crippen LogP contribution in [-0.4, -0.2) is 22.0 Å². The molecule has 94 valence electrons. The first-order valence-corrected chi connectivity index (χ1v) is 7.11. The summed E-state index contributed by atoms with van der Waals surface area (Å²) in [5.41, 5.74) is 3.29. The molecular formula is C14H22N2O. The predicted molar refractivity (Wildman–Crippen MR) is 65.0 cm³/mol. The van der Waals surface area contributed by atoms with E-state index >= 15 is 0 Å². The second-order valence-corrected chi connectivity index (χ2v) is 7.52. The Labute approximate surface area is 103 Å². The predicted octanol–water partition coefficient (Wildman–Crippen LogP) is 2.08. The van der Waals surface area contributed by atoms with Gasteiger partial charge in [-0.1, -0.05) is 0 Å². The van der Waals surface area contributed by atoms with Crippen molar-refractivity contribution >= 4 is 5.91 Å². The molecule has 0 spiro atoms. The van der Waals surface area contributed by atoms with Gasteiger partial charge in [-0.2, -0.15) is 0 Å². The standard InChI is InChI=1S/C14H22N2O/c1-13(2)12(17)16(15-13)14-6-9-3-10(7-14)5-11(4-9)8-14/h9-11,15H,3-8H2,1-2H3. The molecule has 1 heterocycles. The minimum Gasteiger partial charge on any atom is -0.271 e. The van der Waals surface area contributed by atoms with Crippen molar-refractivity contribution in [1.29, 1.82) is 0 Å². The molecule has 0 atom stereocenters. The molecule has 1 saturated heterocycles. The van der Waals surface area contributed by atoms with Gasteiger partial charge in [-0.3, -0.25) is 9.80 Å². The van der Waals surface area contributed by atoms with Crippen molar-refractivity contribution in [3.05, 3.63) is 0 Å². The first kappa shape index (κ1) is 10.4. The molecule has 3 heteroatoms. The minimum atomic E-state index is -0.316.